The molecular weight excluding hydrogens is 298 g/mol. The summed E-state index contributed by atoms with van der Waals surface area (Å²) in [6, 6.07) is 6.25. The largest absolute Gasteiger partial charge is 0.361 e. The number of hydrogen-bond donors (Lipinski definition) is 3. The Morgan fingerprint density at radius 3 is 2.68 bits per heavy atom. The summed E-state index contributed by atoms with van der Waals surface area (Å²) in [5.41, 5.74) is 9.53. The van der Waals surface area contributed by atoms with Crippen LogP contribution < -0.4 is 11.1 Å². The zero-order chi connectivity index (χ0) is 15.4. The van der Waals surface area contributed by atoms with Crippen molar-refractivity contribution in [1.29, 1.82) is 0 Å². The van der Waals surface area contributed by atoms with E-state index in [0.717, 1.165) is 12.8 Å². The molecule has 0 aliphatic heterocycles. The Morgan fingerprint density at radius 2 is 2.05 bits per heavy atom. The van der Waals surface area contributed by atoms with Gasteiger partial charge < -0.3 is 16.0 Å². The molecule has 1 heterocycles. The third-order valence-electron chi connectivity index (χ3n) is 4.16. The molecule has 0 radical (unpaired) electrons. The van der Waals surface area contributed by atoms with Gasteiger partial charge in [-0.1, -0.05) is 32.0 Å². The second-order valence-corrected chi connectivity index (χ2v) is 5.70. The molecule has 0 aliphatic rings. The molecule has 0 aliphatic carbocycles. The first-order chi connectivity index (χ1) is 10.0. The fourth-order valence-electron chi connectivity index (χ4n) is 2.50. The van der Waals surface area contributed by atoms with E-state index in [1.54, 1.807) is 0 Å². The molecule has 4 nitrogen and oxygen atoms in total. The van der Waals surface area contributed by atoms with Gasteiger partial charge in [0.1, 0.15) is 0 Å². The lowest BCUT2D eigenvalue weighted by molar-refractivity contribution is -0.124. The van der Waals surface area contributed by atoms with Crippen LogP contribution in [0.3, 0.4) is 0 Å². The number of amides is 1. The minimum Gasteiger partial charge on any atom is -0.361 e. The fourth-order valence-corrected chi connectivity index (χ4v) is 2.50. The predicted molar refractivity (Wildman–Crippen MR) is 94.5 cm³/mol. The molecule has 2 unspecified atom stereocenters. The summed E-state index contributed by atoms with van der Waals surface area (Å²) >= 11 is 0. The molecule has 1 aromatic carbocycles. The Balaban J connectivity index is 0.00000242. The molecule has 0 bridgehead atoms. The Labute approximate surface area is 138 Å². The van der Waals surface area contributed by atoms with Crippen LogP contribution in [0.5, 0.6) is 0 Å². The third-order valence-corrected chi connectivity index (χ3v) is 4.16. The van der Waals surface area contributed by atoms with E-state index in [4.69, 9.17) is 5.73 Å². The smallest absolute Gasteiger partial charge is 0.224 e. The zero-order valence-electron chi connectivity index (χ0n) is 13.5. The molecule has 122 valence electrons. The molecule has 2 atom stereocenters. The minimum absolute atomic E-state index is 0. The second kappa shape index (κ2) is 8.20. The standard InChI is InChI=1S/C17H25N3O.ClH/c1-4-13-6-5-7-15-14(10-20-16(13)15)8-9-19-17(21)11(2)12(3)18;/h5-7,10-12,20H,4,8-9,18H2,1-3H3,(H,19,21);1H. The average Bonchev–Trinajstić information content (AvgIpc) is 2.89. The number of carbonyl (C=O) groups is 1. The Morgan fingerprint density at radius 1 is 1.32 bits per heavy atom. The summed E-state index contributed by atoms with van der Waals surface area (Å²) in [5, 5.41) is 4.22. The molecule has 1 amide bonds. The van der Waals surface area contributed by atoms with Gasteiger partial charge in [0.2, 0.25) is 5.91 Å². The monoisotopic (exact) mass is 323 g/mol. The highest BCUT2D eigenvalue weighted by atomic mass is 35.5. The van der Waals surface area contributed by atoms with E-state index >= 15 is 0 Å². The molecule has 0 saturated carbocycles. The van der Waals surface area contributed by atoms with Gasteiger partial charge in [-0.25, -0.2) is 0 Å². The van der Waals surface area contributed by atoms with Crippen LogP contribution in [0.4, 0.5) is 0 Å². The molecule has 0 saturated heterocycles. The quantitative estimate of drug-likeness (QED) is 0.765. The van der Waals surface area contributed by atoms with E-state index < -0.39 is 0 Å². The molecule has 4 N–H and O–H groups in total. The fraction of sp³-hybridized carbons (Fsp3) is 0.471. The van der Waals surface area contributed by atoms with Crippen LogP contribution >= 0.6 is 12.4 Å². The number of nitrogens with two attached hydrogens (primary N) is 1. The molecule has 2 aromatic rings. The number of nitrogens with one attached hydrogen (secondary N) is 2. The molecule has 1 aromatic heterocycles. The zero-order valence-corrected chi connectivity index (χ0v) is 14.3. The van der Waals surface area contributed by atoms with Gasteiger partial charge in [0.15, 0.2) is 0 Å². The number of rotatable bonds is 6. The summed E-state index contributed by atoms with van der Waals surface area (Å²) in [7, 11) is 0. The molecule has 5 heteroatoms. The first kappa shape index (κ1) is 18.5. The maximum Gasteiger partial charge on any atom is 0.224 e. The van der Waals surface area contributed by atoms with Gasteiger partial charge in [-0.3, -0.25) is 4.79 Å². The first-order valence-electron chi connectivity index (χ1n) is 7.65. The minimum atomic E-state index is -0.153. The maximum atomic E-state index is 11.9. The van der Waals surface area contributed by atoms with Gasteiger partial charge in [0.25, 0.3) is 0 Å². The number of carbonyl (C=O) groups excluding carboxylic acids is 1. The number of fused-ring (bicyclic) bond motifs is 1. The lowest BCUT2D eigenvalue weighted by atomic mass is 10.0. The van der Waals surface area contributed by atoms with Crippen molar-refractivity contribution in [2.45, 2.75) is 39.7 Å². The normalized spacial score (nSPS) is 13.5. The van der Waals surface area contributed by atoms with Gasteiger partial charge in [0, 0.05) is 35.6 Å². The number of H-pyrrole nitrogens is 1. The van der Waals surface area contributed by atoms with Crippen LogP contribution in [0.25, 0.3) is 10.9 Å². The molecule has 22 heavy (non-hydrogen) atoms. The van der Waals surface area contributed by atoms with E-state index in [1.807, 2.05) is 20.0 Å². The van der Waals surface area contributed by atoms with Crippen molar-refractivity contribution < 1.29 is 4.79 Å². The summed E-state index contributed by atoms with van der Waals surface area (Å²) in [4.78, 5) is 15.2. The number of halogens is 1. The van der Waals surface area contributed by atoms with Crippen LogP contribution in [0.2, 0.25) is 0 Å². The second-order valence-electron chi connectivity index (χ2n) is 5.70. The number of hydrogen-bond acceptors (Lipinski definition) is 2. The summed E-state index contributed by atoms with van der Waals surface area (Å²) in [6.07, 6.45) is 3.88. The number of aromatic amines is 1. The van der Waals surface area contributed by atoms with E-state index in [0.29, 0.717) is 6.54 Å². The Kier molecular flexibility index (Phi) is 6.91. The van der Waals surface area contributed by atoms with E-state index in [2.05, 4.69) is 35.4 Å². The van der Waals surface area contributed by atoms with Crippen molar-refractivity contribution >= 4 is 29.2 Å². The lowest BCUT2D eigenvalue weighted by Gasteiger charge is -2.15. The van der Waals surface area contributed by atoms with Gasteiger partial charge in [0.05, 0.1) is 0 Å². The van der Waals surface area contributed by atoms with Crippen molar-refractivity contribution in [3.63, 3.8) is 0 Å². The number of aromatic nitrogens is 1. The van der Waals surface area contributed by atoms with E-state index in [1.165, 1.54) is 22.0 Å². The molecule has 0 fully saturated rings. The summed E-state index contributed by atoms with van der Waals surface area (Å²) < 4.78 is 0. The molecule has 2 rings (SSSR count). The van der Waals surface area contributed by atoms with Gasteiger partial charge >= 0.3 is 0 Å². The van der Waals surface area contributed by atoms with Crippen LogP contribution in [0.1, 0.15) is 31.9 Å². The van der Waals surface area contributed by atoms with Gasteiger partial charge in [-0.15, -0.1) is 12.4 Å². The maximum absolute atomic E-state index is 11.9. The number of para-hydroxylation sites is 1. The topological polar surface area (TPSA) is 70.9 Å². The van der Waals surface area contributed by atoms with E-state index in [9.17, 15) is 4.79 Å². The van der Waals surface area contributed by atoms with Crippen molar-refractivity contribution in [3.8, 4) is 0 Å². The van der Waals surface area contributed by atoms with E-state index in [-0.39, 0.29) is 30.3 Å². The third kappa shape index (κ3) is 4.02. The van der Waals surface area contributed by atoms with Crippen LogP contribution in [0.15, 0.2) is 24.4 Å². The Bertz CT molecular complexity index is 621. The van der Waals surface area contributed by atoms with Crippen LogP contribution in [-0.2, 0) is 17.6 Å². The van der Waals surface area contributed by atoms with Gasteiger partial charge in [-0.2, -0.15) is 0 Å². The summed E-state index contributed by atoms with van der Waals surface area (Å²) in [6.45, 7) is 6.51. The van der Waals surface area contributed by atoms with Crippen molar-refractivity contribution in [3.05, 3.63) is 35.5 Å². The summed E-state index contributed by atoms with van der Waals surface area (Å²) in [5.74, 6) is -0.126. The average molecular weight is 324 g/mol. The predicted octanol–water partition coefficient (Wildman–Crippen LogP) is 2.79. The van der Waals surface area contributed by atoms with Crippen molar-refractivity contribution in [2.75, 3.05) is 6.54 Å². The lowest BCUT2D eigenvalue weighted by Crippen LogP contribution is -2.39. The molecule has 0 spiro atoms. The number of benzene rings is 1. The number of aryl methyl sites for hydroxylation is 1. The highest BCUT2D eigenvalue weighted by Crippen LogP contribution is 2.22. The molecular formula is C17H26ClN3O. The Hall–Kier alpha value is -1.52. The van der Waals surface area contributed by atoms with Crippen LogP contribution in [0, 0.1) is 5.92 Å². The van der Waals surface area contributed by atoms with Crippen molar-refractivity contribution in [2.24, 2.45) is 11.7 Å². The van der Waals surface area contributed by atoms with Crippen molar-refractivity contribution in [1.82, 2.24) is 10.3 Å². The SMILES string of the molecule is CCc1cccc2c(CCNC(=O)C(C)C(C)N)c[nH]c12.Cl. The van der Waals surface area contributed by atoms with Crippen LogP contribution in [-0.4, -0.2) is 23.5 Å². The first-order valence-corrected chi connectivity index (χ1v) is 7.65. The highest BCUT2D eigenvalue weighted by Gasteiger charge is 2.16. The van der Waals surface area contributed by atoms with Gasteiger partial charge in [-0.05, 0) is 30.9 Å². The highest BCUT2D eigenvalue weighted by molar-refractivity contribution is 5.86.